The van der Waals surface area contributed by atoms with Crippen LogP contribution in [0.15, 0.2) is 12.3 Å². The number of carbonyl (C=O) groups is 1. The van der Waals surface area contributed by atoms with Crippen molar-refractivity contribution in [2.75, 3.05) is 5.32 Å². The van der Waals surface area contributed by atoms with Crippen molar-refractivity contribution in [3.05, 3.63) is 12.3 Å². The van der Waals surface area contributed by atoms with E-state index in [0.29, 0.717) is 24.7 Å². The van der Waals surface area contributed by atoms with Crippen LogP contribution in [0.25, 0.3) is 0 Å². The minimum absolute atomic E-state index is 0.0164. The van der Waals surface area contributed by atoms with E-state index in [9.17, 15) is 9.90 Å². The molecule has 19 heavy (non-hydrogen) atoms. The first-order chi connectivity index (χ1) is 9.02. The normalized spacial score (nSPS) is 17.4. The monoisotopic (exact) mass is 265 g/mol. The molecule has 6 heteroatoms. The first-order valence-corrected chi connectivity index (χ1v) is 6.53. The molecule has 1 aromatic rings. The van der Waals surface area contributed by atoms with E-state index in [-0.39, 0.29) is 6.10 Å². The molecule has 0 saturated heterocycles. The summed E-state index contributed by atoms with van der Waals surface area (Å²) in [7, 11) is 0. The van der Waals surface area contributed by atoms with Gasteiger partial charge in [-0.15, -0.1) is 0 Å². The molecule has 1 aromatic heterocycles. The van der Waals surface area contributed by atoms with Crippen LogP contribution in [0, 0.1) is 0 Å². The molecule has 1 saturated carbocycles. The van der Waals surface area contributed by atoms with Gasteiger partial charge in [0.15, 0.2) is 0 Å². The van der Waals surface area contributed by atoms with Crippen LogP contribution in [-0.2, 0) is 4.79 Å². The molecule has 0 aliphatic heterocycles. The lowest BCUT2D eigenvalue weighted by Crippen LogP contribution is -2.44. The van der Waals surface area contributed by atoms with Gasteiger partial charge in [0.2, 0.25) is 11.8 Å². The van der Waals surface area contributed by atoms with Gasteiger partial charge in [-0.2, -0.15) is 4.98 Å². The molecule has 0 aromatic carbocycles. The summed E-state index contributed by atoms with van der Waals surface area (Å²) in [5, 5.41) is 12.4. The number of aromatic nitrogens is 2. The van der Waals surface area contributed by atoms with E-state index in [2.05, 4.69) is 15.3 Å². The molecule has 0 atom stereocenters. The average molecular weight is 265 g/mol. The van der Waals surface area contributed by atoms with E-state index in [4.69, 9.17) is 4.74 Å². The van der Waals surface area contributed by atoms with Crippen LogP contribution in [0.2, 0.25) is 0 Å². The van der Waals surface area contributed by atoms with Crippen LogP contribution in [0.4, 0.5) is 5.95 Å². The van der Waals surface area contributed by atoms with Crippen molar-refractivity contribution in [2.45, 2.75) is 51.2 Å². The summed E-state index contributed by atoms with van der Waals surface area (Å²) in [6, 6.07) is 1.66. The smallest absolute Gasteiger partial charge is 0.329 e. The van der Waals surface area contributed by atoms with Crippen LogP contribution in [0.5, 0.6) is 5.88 Å². The van der Waals surface area contributed by atoms with Crippen molar-refractivity contribution >= 4 is 11.9 Å². The fraction of sp³-hybridized carbons (Fsp3) is 0.615. The minimum Gasteiger partial charge on any atom is -0.480 e. The zero-order valence-corrected chi connectivity index (χ0v) is 11.2. The zero-order chi connectivity index (χ0) is 13.9. The minimum atomic E-state index is -0.934. The topological polar surface area (TPSA) is 84.3 Å². The van der Waals surface area contributed by atoms with E-state index in [1.54, 1.807) is 12.3 Å². The highest BCUT2D eigenvalue weighted by molar-refractivity contribution is 5.82. The van der Waals surface area contributed by atoms with Crippen LogP contribution < -0.4 is 10.1 Å². The summed E-state index contributed by atoms with van der Waals surface area (Å²) in [5.41, 5.74) is -0.934. The molecule has 6 nitrogen and oxygen atoms in total. The lowest BCUT2D eigenvalue weighted by Gasteiger charge is -2.25. The van der Waals surface area contributed by atoms with Gasteiger partial charge in [0.05, 0.1) is 6.10 Å². The van der Waals surface area contributed by atoms with Gasteiger partial charge < -0.3 is 15.2 Å². The number of aliphatic carboxylic acids is 1. The Labute approximate surface area is 112 Å². The van der Waals surface area contributed by atoms with Crippen molar-refractivity contribution in [3.8, 4) is 5.88 Å². The lowest BCUT2D eigenvalue weighted by molar-refractivity contribution is -0.142. The predicted octanol–water partition coefficient (Wildman–Crippen LogP) is 2.07. The molecule has 1 fully saturated rings. The van der Waals surface area contributed by atoms with Crippen molar-refractivity contribution in [2.24, 2.45) is 0 Å². The number of nitrogens with zero attached hydrogens (tertiary/aromatic N) is 2. The van der Waals surface area contributed by atoms with E-state index in [0.717, 1.165) is 12.8 Å². The number of ether oxygens (including phenoxy) is 1. The van der Waals surface area contributed by atoms with Crippen molar-refractivity contribution in [3.63, 3.8) is 0 Å². The largest absolute Gasteiger partial charge is 0.480 e. The Bertz CT molecular complexity index is 456. The Morgan fingerprint density at radius 1 is 1.47 bits per heavy atom. The Balaban J connectivity index is 2.15. The molecule has 0 spiro atoms. The van der Waals surface area contributed by atoms with E-state index in [1.165, 1.54) is 0 Å². The van der Waals surface area contributed by atoms with Crippen molar-refractivity contribution in [1.82, 2.24) is 9.97 Å². The average Bonchev–Trinajstić information content (AvgIpc) is 2.78. The molecule has 104 valence electrons. The SMILES string of the molecule is CC(C)Oc1ccnc(NC2(C(=O)O)CCCC2)n1. The molecular formula is C13H19N3O3. The maximum absolute atomic E-state index is 11.4. The Kier molecular flexibility index (Phi) is 3.87. The third-order valence-electron chi connectivity index (χ3n) is 3.20. The predicted molar refractivity (Wildman–Crippen MR) is 70.3 cm³/mol. The second-order valence-electron chi connectivity index (χ2n) is 5.10. The fourth-order valence-electron chi connectivity index (χ4n) is 2.29. The zero-order valence-electron chi connectivity index (χ0n) is 11.2. The number of anilines is 1. The highest BCUT2D eigenvalue weighted by Crippen LogP contribution is 2.32. The summed E-state index contributed by atoms with van der Waals surface area (Å²) in [5.74, 6) is -0.0859. The molecule has 1 heterocycles. The van der Waals surface area contributed by atoms with E-state index < -0.39 is 11.5 Å². The van der Waals surface area contributed by atoms with Gasteiger partial charge >= 0.3 is 5.97 Å². The van der Waals surface area contributed by atoms with Gasteiger partial charge in [0.1, 0.15) is 5.54 Å². The Morgan fingerprint density at radius 3 is 2.74 bits per heavy atom. The van der Waals surface area contributed by atoms with Crippen LogP contribution >= 0.6 is 0 Å². The van der Waals surface area contributed by atoms with Gasteiger partial charge in [-0.3, -0.25) is 0 Å². The van der Waals surface area contributed by atoms with Gasteiger partial charge in [-0.1, -0.05) is 12.8 Å². The van der Waals surface area contributed by atoms with E-state index in [1.807, 2.05) is 13.8 Å². The van der Waals surface area contributed by atoms with Crippen LogP contribution in [0.3, 0.4) is 0 Å². The standard InChI is InChI=1S/C13H19N3O3/c1-9(2)19-10-5-8-14-12(15-10)16-13(11(17)18)6-3-4-7-13/h5,8-9H,3-4,6-7H2,1-2H3,(H,17,18)(H,14,15,16). The molecule has 0 radical (unpaired) electrons. The molecule has 2 rings (SSSR count). The second kappa shape index (κ2) is 5.42. The van der Waals surface area contributed by atoms with Gasteiger partial charge in [0.25, 0.3) is 0 Å². The number of carboxylic acid groups (broad SMARTS) is 1. The highest BCUT2D eigenvalue weighted by atomic mass is 16.5. The molecular weight excluding hydrogens is 246 g/mol. The van der Waals surface area contributed by atoms with Gasteiger partial charge in [0, 0.05) is 12.3 Å². The Hall–Kier alpha value is -1.85. The molecule has 2 N–H and O–H groups in total. The highest BCUT2D eigenvalue weighted by Gasteiger charge is 2.41. The maximum Gasteiger partial charge on any atom is 0.329 e. The third kappa shape index (κ3) is 3.13. The van der Waals surface area contributed by atoms with Crippen LogP contribution in [-0.4, -0.2) is 32.7 Å². The van der Waals surface area contributed by atoms with Crippen LogP contribution in [0.1, 0.15) is 39.5 Å². The third-order valence-corrected chi connectivity index (χ3v) is 3.20. The number of carboxylic acids is 1. The second-order valence-corrected chi connectivity index (χ2v) is 5.10. The molecule has 0 bridgehead atoms. The number of nitrogens with one attached hydrogen (secondary N) is 1. The van der Waals surface area contributed by atoms with Gasteiger partial charge in [-0.05, 0) is 26.7 Å². The summed E-state index contributed by atoms with van der Waals surface area (Å²) < 4.78 is 5.47. The summed E-state index contributed by atoms with van der Waals surface area (Å²) >= 11 is 0. The van der Waals surface area contributed by atoms with Gasteiger partial charge in [-0.25, -0.2) is 9.78 Å². The first kappa shape index (κ1) is 13.6. The van der Waals surface area contributed by atoms with E-state index >= 15 is 0 Å². The van der Waals surface area contributed by atoms with Crippen molar-refractivity contribution < 1.29 is 14.6 Å². The number of hydrogen-bond acceptors (Lipinski definition) is 5. The maximum atomic E-state index is 11.4. The molecule has 0 amide bonds. The summed E-state index contributed by atoms with van der Waals surface area (Å²) in [6.45, 7) is 3.82. The number of rotatable bonds is 5. The molecule has 1 aliphatic rings. The number of hydrogen-bond donors (Lipinski definition) is 2. The Morgan fingerprint density at radius 2 is 2.16 bits per heavy atom. The summed E-state index contributed by atoms with van der Waals surface area (Å²) in [6.07, 6.45) is 4.59. The lowest BCUT2D eigenvalue weighted by atomic mass is 9.98. The first-order valence-electron chi connectivity index (χ1n) is 6.53. The molecule has 0 unspecified atom stereocenters. The molecule has 1 aliphatic carbocycles. The van der Waals surface area contributed by atoms with Crippen molar-refractivity contribution in [1.29, 1.82) is 0 Å². The quantitative estimate of drug-likeness (QED) is 0.847. The summed E-state index contributed by atoms with van der Waals surface area (Å²) in [4.78, 5) is 19.7. The fourth-order valence-corrected chi connectivity index (χ4v) is 2.29.